The maximum atomic E-state index is 3.00. The van der Waals surface area contributed by atoms with Crippen LogP contribution in [0.2, 0.25) is 0 Å². The van der Waals surface area contributed by atoms with Crippen LogP contribution in [0.5, 0.6) is 0 Å². The van der Waals surface area contributed by atoms with Crippen LogP contribution in [-0.4, -0.2) is 0 Å². The first-order valence-corrected chi connectivity index (χ1v) is 4.95. The summed E-state index contributed by atoms with van der Waals surface area (Å²) < 4.78 is 0. The van der Waals surface area contributed by atoms with Gasteiger partial charge in [0.25, 0.3) is 0 Å². The molecule has 0 amide bonds. The van der Waals surface area contributed by atoms with E-state index in [4.69, 9.17) is 0 Å². The fraction of sp³-hybridized carbons (Fsp3) is 0.385. The molecule has 0 saturated carbocycles. The predicted molar refractivity (Wildman–Crippen MR) is 59.1 cm³/mol. The first-order valence-electron chi connectivity index (χ1n) is 4.95. The van der Waals surface area contributed by atoms with E-state index in [-0.39, 0.29) is 0 Å². The van der Waals surface area contributed by atoms with Gasteiger partial charge in [-0.2, -0.15) is 0 Å². The van der Waals surface area contributed by atoms with Crippen LogP contribution in [-0.2, 0) is 12.8 Å². The Labute approximate surface area is 81.3 Å². The molecule has 70 valence electrons. The Morgan fingerprint density at radius 2 is 1.62 bits per heavy atom. The Balaban J connectivity index is 0.000000396. The molecular formula is C13H18. The van der Waals surface area contributed by atoms with Crippen LogP contribution >= 0.6 is 0 Å². The number of benzene rings is 1. The van der Waals surface area contributed by atoms with E-state index >= 15 is 0 Å². The second kappa shape index (κ2) is 4.86. The molecule has 1 aromatic rings. The van der Waals surface area contributed by atoms with E-state index in [1.165, 1.54) is 31.2 Å². The third-order valence-electron chi connectivity index (χ3n) is 2.50. The SMILES string of the molecule is C=C.Cc1ccc2c(c1)CCCC2. The van der Waals surface area contributed by atoms with Crippen LogP contribution in [0.3, 0.4) is 0 Å². The Kier molecular flexibility index (Phi) is 3.75. The molecule has 0 N–H and O–H groups in total. The van der Waals surface area contributed by atoms with E-state index in [0.717, 1.165) is 0 Å². The molecule has 0 spiro atoms. The van der Waals surface area contributed by atoms with Crippen LogP contribution in [0.1, 0.15) is 29.5 Å². The van der Waals surface area contributed by atoms with Gasteiger partial charge in [0.2, 0.25) is 0 Å². The molecule has 2 rings (SSSR count). The van der Waals surface area contributed by atoms with Crippen molar-refractivity contribution in [2.75, 3.05) is 0 Å². The van der Waals surface area contributed by atoms with E-state index in [9.17, 15) is 0 Å². The van der Waals surface area contributed by atoms with E-state index in [0.29, 0.717) is 0 Å². The zero-order chi connectivity index (χ0) is 9.68. The van der Waals surface area contributed by atoms with Gasteiger partial charge in [-0.25, -0.2) is 0 Å². The van der Waals surface area contributed by atoms with Gasteiger partial charge >= 0.3 is 0 Å². The molecule has 0 heteroatoms. The summed E-state index contributed by atoms with van der Waals surface area (Å²) in [6.45, 7) is 8.18. The highest BCUT2D eigenvalue weighted by atomic mass is 14.1. The highest BCUT2D eigenvalue weighted by molar-refractivity contribution is 5.32. The molecule has 0 atom stereocenters. The summed E-state index contributed by atoms with van der Waals surface area (Å²) in [5.74, 6) is 0. The smallest absolute Gasteiger partial charge is 0.0276 e. The minimum Gasteiger partial charge on any atom is -0.106 e. The summed E-state index contributed by atoms with van der Waals surface area (Å²) in [7, 11) is 0. The quantitative estimate of drug-likeness (QED) is 0.526. The third-order valence-corrected chi connectivity index (χ3v) is 2.50. The van der Waals surface area contributed by atoms with Crippen molar-refractivity contribution in [1.82, 2.24) is 0 Å². The summed E-state index contributed by atoms with van der Waals surface area (Å²) >= 11 is 0. The lowest BCUT2D eigenvalue weighted by Crippen LogP contribution is -2.01. The van der Waals surface area contributed by atoms with Crippen molar-refractivity contribution in [2.45, 2.75) is 32.6 Å². The number of aryl methyl sites for hydroxylation is 3. The lowest BCUT2D eigenvalue weighted by atomic mass is 9.91. The van der Waals surface area contributed by atoms with Crippen LogP contribution in [0, 0.1) is 6.92 Å². The molecule has 13 heavy (non-hydrogen) atoms. The molecule has 1 aliphatic carbocycles. The molecule has 0 heterocycles. The second-order valence-corrected chi connectivity index (χ2v) is 3.48. The molecule has 0 radical (unpaired) electrons. The van der Waals surface area contributed by atoms with Gasteiger partial charge in [0.15, 0.2) is 0 Å². The minimum atomic E-state index is 1.30. The first kappa shape index (κ1) is 10.0. The summed E-state index contributed by atoms with van der Waals surface area (Å²) in [5.41, 5.74) is 4.59. The molecule has 0 saturated heterocycles. The van der Waals surface area contributed by atoms with Crippen molar-refractivity contribution in [2.24, 2.45) is 0 Å². The van der Waals surface area contributed by atoms with Crippen molar-refractivity contribution in [1.29, 1.82) is 0 Å². The average molecular weight is 174 g/mol. The van der Waals surface area contributed by atoms with Crippen molar-refractivity contribution >= 4 is 0 Å². The highest BCUT2D eigenvalue weighted by Crippen LogP contribution is 2.21. The summed E-state index contributed by atoms with van der Waals surface area (Å²) in [5, 5.41) is 0. The molecule has 1 aromatic carbocycles. The fourth-order valence-electron chi connectivity index (χ4n) is 1.86. The maximum Gasteiger partial charge on any atom is -0.0276 e. The van der Waals surface area contributed by atoms with Gasteiger partial charge in [-0.05, 0) is 43.7 Å². The normalized spacial score (nSPS) is 13.9. The van der Waals surface area contributed by atoms with Gasteiger partial charge in [0, 0.05) is 0 Å². The Hall–Kier alpha value is -1.04. The van der Waals surface area contributed by atoms with Gasteiger partial charge in [-0.15, -0.1) is 13.2 Å². The molecule has 0 bridgehead atoms. The molecule has 0 fully saturated rings. The van der Waals surface area contributed by atoms with E-state index in [1.54, 1.807) is 11.1 Å². The first-order chi connectivity index (χ1) is 6.36. The van der Waals surface area contributed by atoms with Gasteiger partial charge < -0.3 is 0 Å². The minimum absolute atomic E-state index is 1.30. The van der Waals surface area contributed by atoms with Crippen LogP contribution in [0.15, 0.2) is 31.4 Å². The Bertz CT molecular complexity index is 273. The van der Waals surface area contributed by atoms with Crippen molar-refractivity contribution in [3.05, 3.63) is 48.0 Å². The molecule has 0 unspecified atom stereocenters. The highest BCUT2D eigenvalue weighted by Gasteiger charge is 2.07. The van der Waals surface area contributed by atoms with Gasteiger partial charge in [0.1, 0.15) is 0 Å². The fourth-order valence-corrected chi connectivity index (χ4v) is 1.86. The third kappa shape index (κ3) is 2.45. The largest absolute Gasteiger partial charge is 0.106 e. The summed E-state index contributed by atoms with van der Waals surface area (Å²) in [4.78, 5) is 0. The Morgan fingerprint density at radius 1 is 1.00 bits per heavy atom. The van der Waals surface area contributed by atoms with Gasteiger partial charge in [-0.1, -0.05) is 23.8 Å². The van der Waals surface area contributed by atoms with E-state index in [2.05, 4.69) is 38.3 Å². The standard InChI is InChI=1S/C11H14.C2H4/c1-9-6-7-10-4-2-3-5-11(10)8-9;1-2/h6-8H,2-5H2,1H3;1-2H2. The van der Waals surface area contributed by atoms with Crippen molar-refractivity contribution in [3.63, 3.8) is 0 Å². The zero-order valence-corrected chi connectivity index (χ0v) is 8.47. The predicted octanol–water partition coefficient (Wildman–Crippen LogP) is 3.68. The van der Waals surface area contributed by atoms with E-state index in [1.807, 2.05) is 0 Å². The second-order valence-electron chi connectivity index (χ2n) is 3.48. The van der Waals surface area contributed by atoms with Crippen molar-refractivity contribution in [3.8, 4) is 0 Å². The van der Waals surface area contributed by atoms with E-state index < -0.39 is 0 Å². The van der Waals surface area contributed by atoms with Gasteiger partial charge in [-0.3, -0.25) is 0 Å². The number of hydrogen-bond acceptors (Lipinski definition) is 0. The van der Waals surface area contributed by atoms with Crippen LogP contribution < -0.4 is 0 Å². The maximum absolute atomic E-state index is 3.00. The summed E-state index contributed by atoms with van der Waals surface area (Å²) in [6.07, 6.45) is 5.37. The monoisotopic (exact) mass is 174 g/mol. The van der Waals surface area contributed by atoms with Crippen LogP contribution in [0.4, 0.5) is 0 Å². The molecule has 0 aliphatic heterocycles. The number of rotatable bonds is 0. The Morgan fingerprint density at radius 3 is 2.31 bits per heavy atom. The molecular weight excluding hydrogens is 156 g/mol. The average Bonchev–Trinajstić information content (AvgIpc) is 2.21. The topological polar surface area (TPSA) is 0 Å². The van der Waals surface area contributed by atoms with Crippen LogP contribution in [0.25, 0.3) is 0 Å². The zero-order valence-electron chi connectivity index (χ0n) is 8.47. The molecule has 1 aliphatic rings. The number of hydrogen-bond donors (Lipinski definition) is 0. The lowest BCUT2D eigenvalue weighted by molar-refractivity contribution is 0.685. The van der Waals surface area contributed by atoms with Crippen molar-refractivity contribution < 1.29 is 0 Å². The van der Waals surface area contributed by atoms with Gasteiger partial charge in [0.05, 0.1) is 0 Å². The summed E-state index contributed by atoms with van der Waals surface area (Å²) in [6, 6.07) is 6.86. The number of fused-ring (bicyclic) bond motifs is 1. The molecule has 0 aromatic heterocycles. The molecule has 0 nitrogen and oxygen atoms in total. The lowest BCUT2D eigenvalue weighted by Gasteiger charge is -2.15.